The first-order valence-corrected chi connectivity index (χ1v) is 7.73. The van der Waals surface area contributed by atoms with Crippen molar-refractivity contribution in [2.24, 2.45) is 0 Å². The molecule has 0 aromatic rings. The van der Waals surface area contributed by atoms with E-state index in [9.17, 15) is 0 Å². The van der Waals surface area contributed by atoms with Gasteiger partial charge in [0, 0.05) is 47.6 Å². The Morgan fingerprint density at radius 3 is 1.94 bits per heavy atom. The number of ether oxygens (including phenoxy) is 1. The van der Waals surface area contributed by atoms with Gasteiger partial charge in [0.25, 0.3) is 0 Å². The summed E-state index contributed by atoms with van der Waals surface area (Å²) in [6.45, 7) is 3.34. The molecule has 6 nitrogen and oxygen atoms in total. The smallest absolute Gasteiger partial charge is 0.377 e. The molecule has 7 heteroatoms. The highest BCUT2D eigenvalue weighted by atomic mass is 28.4. The second-order valence-corrected chi connectivity index (χ2v) is 6.67. The van der Waals surface area contributed by atoms with Crippen molar-refractivity contribution in [2.45, 2.75) is 12.5 Å². The van der Waals surface area contributed by atoms with E-state index in [0.29, 0.717) is 6.73 Å². The number of hydrogen-bond donors (Lipinski definition) is 2. The zero-order chi connectivity index (χ0) is 13.0. The fraction of sp³-hybridized carbons (Fsp3) is 1.00. The highest BCUT2D eigenvalue weighted by Gasteiger charge is 2.36. The Balaban J connectivity index is 3.43. The average Bonchev–Trinajstić information content (AvgIpc) is 2.38. The highest BCUT2D eigenvalue weighted by molar-refractivity contribution is 6.60. The summed E-state index contributed by atoms with van der Waals surface area (Å²) in [6, 6.07) is 0.828. The predicted molar refractivity (Wildman–Crippen MR) is 69.0 cm³/mol. The molecule has 2 N–H and O–H groups in total. The van der Waals surface area contributed by atoms with Gasteiger partial charge >= 0.3 is 8.80 Å². The Morgan fingerprint density at radius 1 is 0.824 bits per heavy atom. The molecule has 104 valence electrons. The molecule has 0 rings (SSSR count). The summed E-state index contributed by atoms with van der Waals surface area (Å²) in [5, 5.41) is 6.45. The van der Waals surface area contributed by atoms with Gasteiger partial charge in [-0.2, -0.15) is 0 Å². The van der Waals surface area contributed by atoms with E-state index in [1.807, 2.05) is 0 Å². The van der Waals surface area contributed by atoms with E-state index >= 15 is 0 Å². The van der Waals surface area contributed by atoms with E-state index in [4.69, 9.17) is 18.0 Å². The van der Waals surface area contributed by atoms with Crippen LogP contribution in [0.5, 0.6) is 0 Å². The number of nitrogens with one attached hydrogen (secondary N) is 2. The van der Waals surface area contributed by atoms with Gasteiger partial charge < -0.3 is 23.3 Å². The molecule has 0 saturated carbocycles. The van der Waals surface area contributed by atoms with Gasteiger partial charge in [-0.05, 0) is 13.0 Å². The van der Waals surface area contributed by atoms with Crippen molar-refractivity contribution in [3.63, 3.8) is 0 Å². The molecule has 0 aliphatic heterocycles. The van der Waals surface area contributed by atoms with Crippen LogP contribution in [0.1, 0.15) is 6.42 Å². The first kappa shape index (κ1) is 17.0. The lowest BCUT2D eigenvalue weighted by Gasteiger charge is -2.24. The normalized spacial score (nSPS) is 12.0. The van der Waals surface area contributed by atoms with Gasteiger partial charge in [-0.15, -0.1) is 0 Å². The van der Waals surface area contributed by atoms with Crippen LogP contribution < -0.4 is 10.6 Å². The van der Waals surface area contributed by atoms with Crippen molar-refractivity contribution < 1.29 is 18.0 Å². The van der Waals surface area contributed by atoms with Crippen molar-refractivity contribution in [3.8, 4) is 0 Å². The molecule has 0 aliphatic carbocycles. The Labute approximate surface area is 105 Å². The number of rotatable bonds is 12. The molecule has 0 bridgehead atoms. The minimum atomic E-state index is -2.37. The van der Waals surface area contributed by atoms with E-state index < -0.39 is 8.80 Å². The lowest BCUT2D eigenvalue weighted by Crippen LogP contribution is -2.43. The van der Waals surface area contributed by atoms with E-state index in [-0.39, 0.29) is 0 Å². The number of hydrogen-bond acceptors (Lipinski definition) is 6. The predicted octanol–water partition coefficient (Wildman–Crippen LogP) is 0.0377. The maximum Gasteiger partial charge on any atom is 0.500 e. The van der Waals surface area contributed by atoms with E-state index in [1.165, 1.54) is 0 Å². The van der Waals surface area contributed by atoms with E-state index in [1.54, 1.807) is 28.4 Å². The maximum atomic E-state index is 5.33. The van der Waals surface area contributed by atoms with E-state index in [2.05, 4.69) is 10.6 Å². The zero-order valence-corrected chi connectivity index (χ0v) is 12.4. The van der Waals surface area contributed by atoms with Crippen LogP contribution in [0.25, 0.3) is 0 Å². The third-order valence-electron chi connectivity index (χ3n) is 2.49. The van der Waals surface area contributed by atoms with Crippen LogP contribution in [0.4, 0.5) is 0 Å². The molecular formula is C10H26N2O4Si. The van der Waals surface area contributed by atoms with Crippen molar-refractivity contribution in [2.75, 3.05) is 54.8 Å². The van der Waals surface area contributed by atoms with Gasteiger partial charge in [-0.3, -0.25) is 5.32 Å². The standard InChI is InChI=1S/C10H26N2O4Si/c1-13-10-12-8-7-11-6-5-9-17(14-2,15-3)16-4/h11-12H,5-10H2,1-4H3. The fourth-order valence-corrected chi connectivity index (χ4v) is 3.18. The Hall–Kier alpha value is -0.0231. The maximum absolute atomic E-state index is 5.33. The summed E-state index contributed by atoms with van der Waals surface area (Å²) < 4.78 is 20.9. The molecule has 0 heterocycles. The topological polar surface area (TPSA) is 61.0 Å². The second-order valence-electron chi connectivity index (χ2n) is 3.58. The highest BCUT2D eigenvalue weighted by Crippen LogP contribution is 2.14. The quantitative estimate of drug-likeness (QED) is 0.295. The molecular weight excluding hydrogens is 240 g/mol. The van der Waals surface area contributed by atoms with Gasteiger partial charge in [0.05, 0.1) is 6.73 Å². The van der Waals surface area contributed by atoms with Crippen molar-refractivity contribution in [1.82, 2.24) is 10.6 Å². The summed E-state index contributed by atoms with van der Waals surface area (Å²) in [5.74, 6) is 0. The Kier molecular flexibility index (Phi) is 11.1. The first-order valence-electron chi connectivity index (χ1n) is 5.80. The van der Waals surface area contributed by atoms with Crippen LogP contribution >= 0.6 is 0 Å². The summed E-state index contributed by atoms with van der Waals surface area (Å²) >= 11 is 0. The molecule has 0 atom stereocenters. The molecule has 0 saturated heterocycles. The summed E-state index contributed by atoms with van der Waals surface area (Å²) in [5.41, 5.74) is 0. The molecule has 0 aromatic carbocycles. The molecule has 0 fully saturated rings. The van der Waals surface area contributed by atoms with Crippen LogP contribution in [-0.4, -0.2) is 63.6 Å². The monoisotopic (exact) mass is 266 g/mol. The lowest BCUT2D eigenvalue weighted by molar-refractivity contribution is 0.123. The molecule has 0 radical (unpaired) electrons. The minimum Gasteiger partial charge on any atom is -0.377 e. The zero-order valence-electron chi connectivity index (χ0n) is 11.4. The van der Waals surface area contributed by atoms with Crippen molar-refractivity contribution >= 4 is 8.80 Å². The van der Waals surface area contributed by atoms with Gasteiger partial charge in [0.15, 0.2) is 0 Å². The van der Waals surface area contributed by atoms with Crippen LogP contribution in [0, 0.1) is 0 Å². The van der Waals surface area contributed by atoms with Crippen LogP contribution in [0.3, 0.4) is 0 Å². The third kappa shape index (κ3) is 7.82. The van der Waals surface area contributed by atoms with Crippen molar-refractivity contribution in [3.05, 3.63) is 0 Å². The van der Waals surface area contributed by atoms with Gasteiger partial charge in [-0.25, -0.2) is 0 Å². The minimum absolute atomic E-state index is 0.592. The largest absolute Gasteiger partial charge is 0.500 e. The fourth-order valence-electron chi connectivity index (χ4n) is 1.46. The van der Waals surface area contributed by atoms with Crippen molar-refractivity contribution in [1.29, 1.82) is 0 Å². The van der Waals surface area contributed by atoms with Gasteiger partial charge in [0.1, 0.15) is 0 Å². The summed E-state index contributed by atoms with van der Waals surface area (Å²) in [6.07, 6.45) is 0.978. The summed E-state index contributed by atoms with van der Waals surface area (Å²) in [7, 11) is 4.22. The average molecular weight is 266 g/mol. The van der Waals surface area contributed by atoms with Crippen LogP contribution in [-0.2, 0) is 18.0 Å². The Bertz CT molecular complexity index is 162. The molecule has 0 spiro atoms. The molecule has 0 unspecified atom stereocenters. The number of methoxy groups -OCH3 is 1. The summed E-state index contributed by atoms with van der Waals surface area (Å²) in [4.78, 5) is 0. The lowest BCUT2D eigenvalue weighted by atomic mass is 10.4. The van der Waals surface area contributed by atoms with Crippen LogP contribution in [0.2, 0.25) is 6.04 Å². The third-order valence-corrected chi connectivity index (χ3v) is 5.33. The second kappa shape index (κ2) is 11.1. The SMILES string of the molecule is COCNCCNCCC[Si](OC)(OC)OC. The first-order chi connectivity index (χ1) is 8.24. The van der Waals surface area contributed by atoms with Gasteiger partial charge in [0.2, 0.25) is 0 Å². The van der Waals surface area contributed by atoms with Gasteiger partial charge in [-0.1, -0.05) is 0 Å². The van der Waals surface area contributed by atoms with E-state index in [0.717, 1.165) is 32.1 Å². The molecule has 0 amide bonds. The molecule has 0 aliphatic rings. The Morgan fingerprint density at radius 2 is 1.41 bits per heavy atom. The van der Waals surface area contributed by atoms with Crippen LogP contribution in [0.15, 0.2) is 0 Å². The molecule has 0 aromatic heterocycles. The molecule has 17 heavy (non-hydrogen) atoms.